The number of likely N-dealkylation sites (tertiary alicyclic amines) is 1. The fourth-order valence-electron chi connectivity index (χ4n) is 4.91. The quantitative estimate of drug-likeness (QED) is 0.0375. The van der Waals surface area contributed by atoms with E-state index >= 15 is 0 Å². The number of aliphatic imine (C=N–C) groups is 1. The third-order valence-electron chi connectivity index (χ3n) is 7.31. The lowest BCUT2D eigenvalue weighted by atomic mass is 10.0. The van der Waals surface area contributed by atoms with Gasteiger partial charge >= 0.3 is 5.97 Å². The van der Waals surface area contributed by atoms with E-state index in [-0.39, 0.29) is 44.7 Å². The average Bonchev–Trinajstić information content (AvgIpc) is 3.53. The van der Waals surface area contributed by atoms with Gasteiger partial charge in [0.1, 0.15) is 24.2 Å². The number of carboxylic acid groups (broad SMARTS) is 1. The number of hydrogen-bond donors (Lipinski definition) is 10. The Balaban J connectivity index is 2.14. The molecular formula is C29H44N10O9. The molecule has 1 aliphatic rings. The number of aliphatic hydroxyl groups excluding tert-OH is 1. The van der Waals surface area contributed by atoms with Crippen LogP contribution in [0, 0.1) is 0 Å². The van der Waals surface area contributed by atoms with Crippen molar-refractivity contribution >= 4 is 47.4 Å². The van der Waals surface area contributed by atoms with Gasteiger partial charge in [0.15, 0.2) is 5.96 Å². The molecule has 48 heavy (non-hydrogen) atoms. The van der Waals surface area contributed by atoms with Gasteiger partial charge in [0, 0.05) is 13.1 Å². The minimum Gasteiger partial charge on any atom is -0.480 e. The van der Waals surface area contributed by atoms with Crippen LogP contribution >= 0.6 is 0 Å². The summed E-state index contributed by atoms with van der Waals surface area (Å²) < 4.78 is 0. The van der Waals surface area contributed by atoms with Crippen LogP contribution in [0.3, 0.4) is 0 Å². The molecule has 19 heteroatoms. The Labute approximate surface area is 276 Å². The lowest BCUT2D eigenvalue weighted by Crippen LogP contribution is -2.58. The molecule has 6 amide bonds. The second-order valence-electron chi connectivity index (χ2n) is 11.1. The molecule has 0 bridgehead atoms. The molecule has 5 atom stereocenters. The SMILES string of the molecule is NC(=O)C[C@H](NC(=O)[C@@H](N)Cc1ccccc1)C(=O)N1CCC[C@H]1C(=O)N[C@@H](CCCN=C(N)N)C(=O)NCC(=O)N[C@@H](CO)C(=O)O. The number of benzene rings is 1. The van der Waals surface area contributed by atoms with Crippen LogP contribution in [0.4, 0.5) is 0 Å². The number of aliphatic carboxylic acids is 1. The van der Waals surface area contributed by atoms with Crippen LogP contribution in [0.5, 0.6) is 0 Å². The number of carbonyl (C=O) groups excluding carboxylic acids is 6. The van der Waals surface area contributed by atoms with Gasteiger partial charge in [0.05, 0.1) is 25.6 Å². The zero-order chi connectivity index (χ0) is 35.8. The highest BCUT2D eigenvalue weighted by atomic mass is 16.4. The van der Waals surface area contributed by atoms with E-state index < -0.39 is 91.2 Å². The first-order valence-electron chi connectivity index (χ1n) is 15.2. The third-order valence-corrected chi connectivity index (χ3v) is 7.31. The van der Waals surface area contributed by atoms with Crippen molar-refractivity contribution in [2.45, 2.75) is 68.7 Å². The molecule has 0 saturated carbocycles. The van der Waals surface area contributed by atoms with E-state index in [0.29, 0.717) is 6.42 Å². The molecule has 14 N–H and O–H groups in total. The first-order valence-corrected chi connectivity index (χ1v) is 15.2. The minimum absolute atomic E-state index is 0.00465. The second-order valence-corrected chi connectivity index (χ2v) is 11.1. The van der Waals surface area contributed by atoms with Crippen molar-refractivity contribution in [3.05, 3.63) is 35.9 Å². The molecule has 0 aliphatic carbocycles. The molecule has 1 fully saturated rings. The average molecular weight is 677 g/mol. The normalized spacial score (nSPS) is 16.4. The van der Waals surface area contributed by atoms with Crippen LogP contribution in [0.1, 0.15) is 37.7 Å². The molecule has 0 radical (unpaired) electrons. The fourth-order valence-corrected chi connectivity index (χ4v) is 4.91. The Morgan fingerprint density at radius 1 is 0.938 bits per heavy atom. The zero-order valence-corrected chi connectivity index (χ0v) is 26.3. The van der Waals surface area contributed by atoms with E-state index in [9.17, 15) is 33.6 Å². The molecular weight excluding hydrogens is 632 g/mol. The maximum absolute atomic E-state index is 13.6. The highest BCUT2D eigenvalue weighted by Crippen LogP contribution is 2.20. The predicted molar refractivity (Wildman–Crippen MR) is 170 cm³/mol. The van der Waals surface area contributed by atoms with Crippen LogP contribution in [0.15, 0.2) is 35.3 Å². The monoisotopic (exact) mass is 676 g/mol. The summed E-state index contributed by atoms with van der Waals surface area (Å²) in [5, 5.41) is 27.5. The zero-order valence-electron chi connectivity index (χ0n) is 26.3. The Morgan fingerprint density at radius 3 is 2.23 bits per heavy atom. The third kappa shape index (κ3) is 12.8. The van der Waals surface area contributed by atoms with E-state index in [4.69, 9.17) is 33.1 Å². The summed E-state index contributed by atoms with van der Waals surface area (Å²) in [4.78, 5) is 93.1. The Bertz CT molecular complexity index is 1340. The van der Waals surface area contributed by atoms with Crippen molar-refractivity contribution in [1.82, 2.24) is 26.2 Å². The van der Waals surface area contributed by atoms with Crippen LogP contribution < -0.4 is 44.2 Å². The number of carbonyl (C=O) groups is 7. The van der Waals surface area contributed by atoms with Gasteiger partial charge in [-0.25, -0.2) is 4.79 Å². The fraction of sp³-hybridized carbons (Fsp3) is 0.517. The highest BCUT2D eigenvalue weighted by molar-refractivity contribution is 5.97. The molecule has 0 spiro atoms. The Kier molecular flexibility index (Phi) is 15.7. The topological polar surface area (TPSA) is 328 Å². The number of primary amides is 1. The number of amides is 6. The minimum atomic E-state index is -1.59. The van der Waals surface area contributed by atoms with Crippen LogP contribution in [-0.2, 0) is 40.0 Å². The molecule has 264 valence electrons. The number of aliphatic hydroxyl groups is 1. The molecule has 19 nitrogen and oxygen atoms in total. The first kappa shape index (κ1) is 38.9. The van der Waals surface area contributed by atoms with E-state index in [2.05, 4.69) is 20.9 Å². The van der Waals surface area contributed by atoms with Gasteiger partial charge < -0.3 is 59.3 Å². The Hall–Kier alpha value is -5.30. The van der Waals surface area contributed by atoms with E-state index in [1.807, 2.05) is 5.32 Å². The van der Waals surface area contributed by atoms with Gasteiger partial charge in [-0.1, -0.05) is 30.3 Å². The summed E-state index contributed by atoms with van der Waals surface area (Å²) in [5.41, 5.74) is 22.9. The maximum atomic E-state index is 13.6. The van der Waals surface area contributed by atoms with Crippen LogP contribution in [0.25, 0.3) is 0 Å². The van der Waals surface area contributed by atoms with Crippen LogP contribution in [-0.4, -0.2) is 119 Å². The molecule has 0 unspecified atom stereocenters. The number of hydrogen-bond acceptors (Lipinski definition) is 10. The molecule has 1 aromatic rings. The summed E-state index contributed by atoms with van der Waals surface area (Å²) >= 11 is 0. The van der Waals surface area contributed by atoms with Crippen molar-refractivity contribution in [1.29, 1.82) is 0 Å². The van der Waals surface area contributed by atoms with Crippen molar-refractivity contribution < 1.29 is 43.8 Å². The number of nitrogens with two attached hydrogens (primary N) is 4. The molecule has 1 aliphatic heterocycles. The first-order chi connectivity index (χ1) is 22.7. The smallest absolute Gasteiger partial charge is 0.328 e. The number of guanidine groups is 1. The van der Waals surface area contributed by atoms with Gasteiger partial charge in [0.25, 0.3) is 0 Å². The van der Waals surface area contributed by atoms with Gasteiger partial charge in [-0.3, -0.25) is 33.8 Å². The lowest BCUT2D eigenvalue weighted by Gasteiger charge is -2.30. The van der Waals surface area contributed by atoms with Crippen molar-refractivity contribution in [3.63, 3.8) is 0 Å². The van der Waals surface area contributed by atoms with Crippen molar-refractivity contribution in [2.75, 3.05) is 26.2 Å². The van der Waals surface area contributed by atoms with Gasteiger partial charge in [-0.15, -0.1) is 0 Å². The molecule has 0 aromatic heterocycles. The van der Waals surface area contributed by atoms with Gasteiger partial charge in [-0.2, -0.15) is 0 Å². The lowest BCUT2D eigenvalue weighted by molar-refractivity contribution is -0.143. The number of rotatable bonds is 19. The molecule has 1 heterocycles. The maximum Gasteiger partial charge on any atom is 0.328 e. The van der Waals surface area contributed by atoms with E-state index in [1.54, 1.807) is 30.3 Å². The van der Waals surface area contributed by atoms with Gasteiger partial charge in [0.2, 0.25) is 35.4 Å². The summed E-state index contributed by atoms with van der Waals surface area (Å²) in [6, 6.07) is 2.57. The van der Waals surface area contributed by atoms with Crippen molar-refractivity contribution in [2.24, 2.45) is 27.9 Å². The standard InChI is InChI=1S/C29H44N10O9/c30-17(12-16-6-2-1-3-7-16)24(43)38-19(13-22(31)41)27(46)39-11-5-9-21(39)26(45)37-18(8-4-10-34-29(32)33)25(44)35-14-23(42)36-20(15-40)28(47)48/h1-3,6-7,17-21,40H,4-5,8-15,30H2,(H2,31,41)(H,35,44)(H,36,42)(H,37,45)(H,38,43)(H,47,48)(H4,32,33,34)/t17-,18-,19-,20-,21-/m0/s1. The molecule has 1 aromatic carbocycles. The highest BCUT2D eigenvalue weighted by Gasteiger charge is 2.39. The molecule has 2 rings (SSSR count). The predicted octanol–water partition coefficient (Wildman–Crippen LogP) is -4.88. The summed E-state index contributed by atoms with van der Waals surface area (Å²) in [7, 11) is 0. The second kappa shape index (κ2) is 19.4. The Morgan fingerprint density at radius 2 is 1.62 bits per heavy atom. The van der Waals surface area contributed by atoms with Crippen molar-refractivity contribution in [3.8, 4) is 0 Å². The van der Waals surface area contributed by atoms with E-state index in [0.717, 1.165) is 5.56 Å². The summed E-state index contributed by atoms with van der Waals surface area (Å²) in [5.74, 6) is -6.42. The summed E-state index contributed by atoms with van der Waals surface area (Å²) in [6.45, 7) is -1.33. The van der Waals surface area contributed by atoms with Gasteiger partial charge in [-0.05, 0) is 37.7 Å². The number of nitrogens with zero attached hydrogens (tertiary/aromatic N) is 2. The largest absolute Gasteiger partial charge is 0.480 e. The van der Waals surface area contributed by atoms with Crippen LogP contribution in [0.2, 0.25) is 0 Å². The summed E-state index contributed by atoms with van der Waals surface area (Å²) in [6.07, 6.45) is 0.428. The molecule has 1 saturated heterocycles. The van der Waals surface area contributed by atoms with E-state index in [1.165, 1.54) is 4.90 Å². The number of carboxylic acids is 1. The number of nitrogens with one attached hydrogen (secondary N) is 4.